The predicted molar refractivity (Wildman–Crippen MR) is 113 cm³/mol. The Morgan fingerprint density at radius 2 is 2.14 bits per heavy atom. The second-order valence-corrected chi connectivity index (χ2v) is 8.56. The minimum Gasteiger partial charge on any atom is -0.391 e. The van der Waals surface area contributed by atoms with Crippen LogP contribution in [0.4, 0.5) is 15.5 Å². The number of nitrogens with zero attached hydrogens (tertiary/aromatic N) is 2. The number of benzene rings is 1. The number of hydrogen-bond acceptors (Lipinski definition) is 6. The number of nitriles is 1. The molecular weight excluding hydrogens is 390 g/mol. The van der Waals surface area contributed by atoms with Crippen molar-refractivity contribution in [2.24, 2.45) is 0 Å². The minimum absolute atomic E-state index is 0.298. The van der Waals surface area contributed by atoms with Gasteiger partial charge in [-0.1, -0.05) is 12.1 Å². The molecular formula is C20H17N5OS2. The highest BCUT2D eigenvalue weighted by Crippen LogP contribution is 2.37. The first-order chi connectivity index (χ1) is 13.6. The Morgan fingerprint density at radius 1 is 1.25 bits per heavy atom. The highest BCUT2D eigenvalue weighted by Gasteiger charge is 2.20. The molecule has 4 N–H and O–H groups in total. The molecule has 3 aromatic rings. The van der Waals surface area contributed by atoms with Crippen molar-refractivity contribution in [3.05, 3.63) is 59.4 Å². The maximum atomic E-state index is 12.6. The SMILES string of the molecule is N#Cc1cc(-c2ccc3c(c2NC(=O)NSc2ccc(N)s2)CCC3)ccn1. The molecule has 2 heterocycles. The van der Waals surface area contributed by atoms with Crippen molar-refractivity contribution >= 4 is 40.0 Å². The highest BCUT2D eigenvalue weighted by atomic mass is 32.2. The summed E-state index contributed by atoms with van der Waals surface area (Å²) in [4.78, 5) is 16.6. The molecule has 140 valence electrons. The molecule has 28 heavy (non-hydrogen) atoms. The molecule has 1 aliphatic rings. The number of fused-ring (bicyclic) bond motifs is 1. The van der Waals surface area contributed by atoms with Gasteiger partial charge in [-0.15, -0.1) is 11.3 Å². The summed E-state index contributed by atoms with van der Waals surface area (Å²) >= 11 is 2.65. The van der Waals surface area contributed by atoms with Crippen molar-refractivity contribution in [3.8, 4) is 17.2 Å². The summed E-state index contributed by atoms with van der Waals surface area (Å²) in [5.41, 5.74) is 11.0. The Hall–Kier alpha value is -3.02. The Bertz CT molecular complexity index is 1090. The van der Waals surface area contributed by atoms with Crippen molar-refractivity contribution in [1.29, 1.82) is 5.26 Å². The zero-order chi connectivity index (χ0) is 19.5. The number of thiophene rings is 1. The van der Waals surface area contributed by atoms with Gasteiger partial charge in [0.1, 0.15) is 11.8 Å². The number of nitrogens with one attached hydrogen (secondary N) is 2. The maximum Gasteiger partial charge on any atom is 0.329 e. The molecule has 0 unspecified atom stereocenters. The Morgan fingerprint density at radius 3 is 2.93 bits per heavy atom. The van der Waals surface area contributed by atoms with Crippen molar-refractivity contribution in [2.75, 3.05) is 11.1 Å². The lowest BCUT2D eigenvalue weighted by atomic mass is 9.97. The number of nitrogens with two attached hydrogens (primary N) is 1. The van der Waals surface area contributed by atoms with E-state index >= 15 is 0 Å². The van der Waals surface area contributed by atoms with E-state index in [1.165, 1.54) is 28.8 Å². The van der Waals surface area contributed by atoms with Crippen molar-refractivity contribution in [2.45, 2.75) is 23.5 Å². The van der Waals surface area contributed by atoms with E-state index in [-0.39, 0.29) is 6.03 Å². The van der Waals surface area contributed by atoms with Crippen molar-refractivity contribution in [1.82, 2.24) is 9.71 Å². The molecule has 0 fully saturated rings. The summed E-state index contributed by atoms with van der Waals surface area (Å²) in [7, 11) is 0. The number of carbonyl (C=O) groups excluding carboxylic acids is 1. The first-order valence-electron chi connectivity index (χ1n) is 8.74. The van der Waals surface area contributed by atoms with Crippen LogP contribution in [0.5, 0.6) is 0 Å². The van der Waals surface area contributed by atoms with Gasteiger partial charge in [-0.3, -0.25) is 4.72 Å². The van der Waals surface area contributed by atoms with E-state index in [0.717, 1.165) is 45.8 Å². The standard InChI is InChI=1S/C20H17N5OS2/c21-11-14-10-13(8-9-23-14)16-5-4-12-2-1-3-15(12)19(16)24-20(26)25-28-18-7-6-17(22)27-18/h4-10H,1-3,22H2,(H2,24,25,26). The van der Waals surface area contributed by atoms with Crippen LogP contribution in [0, 0.1) is 11.3 Å². The molecule has 0 bridgehead atoms. The number of carbonyl (C=O) groups is 1. The second kappa shape index (κ2) is 7.92. The first-order valence-corrected chi connectivity index (χ1v) is 10.4. The average Bonchev–Trinajstić information content (AvgIpc) is 3.35. The van der Waals surface area contributed by atoms with Crippen LogP contribution in [0.3, 0.4) is 0 Å². The van der Waals surface area contributed by atoms with Crippen LogP contribution in [0.1, 0.15) is 23.2 Å². The molecule has 0 aliphatic heterocycles. The topological polar surface area (TPSA) is 104 Å². The summed E-state index contributed by atoms with van der Waals surface area (Å²) in [6, 6.07) is 13.2. The van der Waals surface area contributed by atoms with Gasteiger partial charge in [-0.2, -0.15) is 5.26 Å². The fourth-order valence-corrected chi connectivity index (χ4v) is 4.80. The lowest BCUT2D eigenvalue weighted by molar-refractivity contribution is 0.257. The van der Waals surface area contributed by atoms with Crippen LogP contribution >= 0.6 is 23.3 Å². The molecule has 2 aromatic heterocycles. The quantitative estimate of drug-likeness (QED) is 0.549. The van der Waals surface area contributed by atoms with Crippen LogP contribution in [-0.4, -0.2) is 11.0 Å². The predicted octanol–water partition coefficient (Wildman–Crippen LogP) is 4.58. The number of anilines is 2. The van der Waals surface area contributed by atoms with E-state index in [4.69, 9.17) is 11.0 Å². The summed E-state index contributed by atoms with van der Waals surface area (Å²) in [5.74, 6) is 0. The van der Waals surface area contributed by atoms with Crippen LogP contribution in [-0.2, 0) is 12.8 Å². The second-order valence-electron chi connectivity index (χ2n) is 6.34. The van der Waals surface area contributed by atoms with Gasteiger partial charge >= 0.3 is 6.03 Å². The molecule has 6 nitrogen and oxygen atoms in total. The number of nitrogen functional groups attached to an aromatic ring is 1. The zero-order valence-electron chi connectivity index (χ0n) is 14.9. The molecule has 0 radical (unpaired) electrons. The Labute approximate surface area is 170 Å². The third-order valence-corrected chi connectivity index (χ3v) is 6.39. The van der Waals surface area contributed by atoms with Gasteiger partial charge in [0.25, 0.3) is 0 Å². The average molecular weight is 408 g/mol. The monoisotopic (exact) mass is 407 g/mol. The fourth-order valence-electron chi connectivity index (χ4n) is 3.33. The summed E-state index contributed by atoms with van der Waals surface area (Å²) in [6.45, 7) is 0. The zero-order valence-corrected chi connectivity index (χ0v) is 16.5. The van der Waals surface area contributed by atoms with Gasteiger partial charge in [0, 0.05) is 11.8 Å². The van der Waals surface area contributed by atoms with Crippen LogP contribution in [0.2, 0.25) is 0 Å². The smallest absolute Gasteiger partial charge is 0.329 e. The Kier molecular flexibility index (Phi) is 5.19. The van der Waals surface area contributed by atoms with Crippen LogP contribution in [0.25, 0.3) is 11.1 Å². The third kappa shape index (κ3) is 3.81. The largest absolute Gasteiger partial charge is 0.391 e. The fraction of sp³-hybridized carbons (Fsp3) is 0.150. The molecule has 2 amide bonds. The molecule has 0 saturated heterocycles. The van der Waals surface area contributed by atoms with Gasteiger partial charge < -0.3 is 11.1 Å². The van der Waals surface area contributed by atoms with E-state index in [1.807, 2.05) is 24.3 Å². The Balaban J connectivity index is 1.62. The van der Waals surface area contributed by atoms with E-state index in [0.29, 0.717) is 10.7 Å². The van der Waals surface area contributed by atoms with E-state index < -0.39 is 0 Å². The molecule has 4 rings (SSSR count). The molecule has 1 aromatic carbocycles. The number of aromatic nitrogens is 1. The van der Waals surface area contributed by atoms with Gasteiger partial charge in [0.15, 0.2) is 0 Å². The minimum atomic E-state index is -0.298. The van der Waals surface area contributed by atoms with E-state index in [2.05, 4.69) is 27.2 Å². The number of pyridine rings is 1. The van der Waals surface area contributed by atoms with Gasteiger partial charge in [0.2, 0.25) is 0 Å². The van der Waals surface area contributed by atoms with Crippen molar-refractivity contribution in [3.63, 3.8) is 0 Å². The lowest BCUT2D eigenvalue weighted by Crippen LogP contribution is -2.23. The van der Waals surface area contributed by atoms with Gasteiger partial charge in [-0.05, 0) is 72.2 Å². The third-order valence-electron chi connectivity index (χ3n) is 4.55. The lowest BCUT2D eigenvalue weighted by Gasteiger charge is -2.16. The molecule has 0 saturated carbocycles. The molecule has 0 atom stereocenters. The number of hydrogen-bond donors (Lipinski definition) is 3. The van der Waals surface area contributed by atoms with Crippen LogP contribution in [0.15, 0.2) is 46.8 Å². The van der Waals surface area contributed by atoms with Crippen molar-refractivity contribution < 1.29 is 4.79 Å². The first kappa shape index (κ1) is 18.3. The number of aryl methyl sites for hydroxylation is 1. The number of rotatable bonds is 4. The summed E-state index contributed by atoms with van der Waals surface area (Å²) in [5, 5.41) is 12.9. The van der Waals surface area contributed by atoms with Gasteiger partial charge in [-0.25, -0.2) is 9.78 Å². The van der Waals surface area contributed by atoms with Crippen LogP contribution < -0.4 is 15.8 Å². The molecule has 0 spiro atoms. The normalized spacial score (nSPS) is 12.2. The van der Waals surface area contributed by atoms with E-state index in [1.54, 1.807) is 12.3 Å². The van der Waals surface area contributed by atoms with Gasteiger partial charge in [0.05, 0.1) is 14.9 Å². The van der Waals surface area contributed by atoms with E-state index in [9.17, 15) is 4.79 Å². The number of urea groups is 1. The molecule has 1 aliphatic carbocycles. The highest BCUT2D eigenvalue weighted by molar-refractivity contribution is 7.99. The number of amides is 2. The summed E-state index contributed by atoms with van der Waals surface area (Å²) in [6.07, 6.45) is 4.61. The maximum absolute atomic E-state index is 12.6. The summed E-state index contributed by atoms with van der Waals surface area (Å²) < 4.78 is 3.73. The molecule has 8 heteroatoms.